The summed E-state index contributed by atoms with van der Waals surface area (Å²) in [6.07, 6.45) is 5.53. The van der Waals surface area contributed by atoms with Gasteiger partial charge >= 0.3 is 0 Å². The lowest BCUT2D eigenvalue weighted by molar-refractivity contribution is 0.316. The number of pyridine rings is 1. The average molecular weight is 353 g/mol. The van der Waals surface area contributed by atoms with E-state index in [0.717, 1.165) is 29.4 Å². The predicted molar refractivity (Wildman–Crippen MR) is 86.0 cm³/mol. The second-order valence-corrected chi connectivity index (χ2v) is 6.02. The molecule has 0 bridgehead atoms. The fraction of sp³-hybridized carbons (Fsp3) is 0.533. The Morgan fingerprint density at radius 3 is 2.81 bits per heavy atom. The van der Waals surface area contributed by atoms with Crippen LogP contribution in [0.5, 0.6) is 0 Å². The summed E-state index contributed by atoms with van der Waals surface area (Å²) in [6.45, 7) is 7.45. The van der Waals surface area contributed by atoms with E-state index < -0.39 is 0 Å². The van der Waals surface area contributed by atoms with E-state index in [1.165, 1.54) is 0 Å². The monoisotopic (exact) mass is 352 g/mol. The molecule has 2 aromatic heterocycles. The Kier molecular flexibility index (Phi) is 5.87. The zero-order chi connectivity index (χ0) is 15.2. The van der Waals surface area contributed by atoms with Crippen LogP contribution in [0.25, 0.3) is 11.4 Å². The molecular weight excluding hydrogens is 332 g/mol. The van der Waals surface area contributed by atoms with E-state index in [-0.39, 0.29) is 5.92 Å². The highest BCUT2D eigenvalue weighted by atomic mass is 79.9. The molecule has 0 aliphatic heterocycles. The lowest BCUT2D eigenvalue weighted by atomic mass is 9.98. The molecule has 2 aromatic rings. The highest BCUT2D eigenvalue weighted by Gasteiger charge is 2.23. The molecule has 2 rings (SSSR count). The summed E-state index contributed by atoms with van der Waals surface area (Å²) in [5, 5.41) is 7.58. The number of nitrogens with one attached hydrogen (secondary N) is 1. The third-order valence-electron chi connectivity index (χ3n) is 3.48. The minimum absolute atomic E-state index is 0.220. The molecule has 0 saturated heterocycles. The standard InChI is InChI=1S/C15H21BrN4O/c1-4-6-18-10(3)13(5-2)15-19-14(20-21-15)11-7-12(16)9-17-8-11/h7-10,13,18H,4-6H2,1-3H3. The number of halogens is 1. The van der Waals surface area contributed by atoms with Crippen LogP contribution in [-0.2, 0) is 0 Å². The molecule has 2 unspecified atom stereocenters. The van der Waals surface area contributed by atoms with Gasteiger partial charge in [0.15, 0.2) is 0 Å². The van der Waals surface area contributed by atoms with Gasteiger partial charge in [0.2, 0.25) is 11.7 Å². The van der Waals surface area contributed by atoms with Crippen LogP contribution in [-0.4, -0.2) is 27.7 Å². The Morgan fingerprint density at radius 1 is 1.33 bits per heavy atom. The van der Waals surface area contributed by atoms with Crippen molar-refractivity contribution in [1.29, 1.82) is 0 Å². The first-order valence-electron chi connectivity index (χ1n) is 7.33. The number of rotatable bonds is 7. The van der Waals surface area contributed by atoms with Crippen molar-refractivity contribution in [2.75, 3.05) is 6.54 Å². The normalized spacial score (nSPS) is 14.1. The molecule has 0 saturated carbocycles. The van der Waals surface area contributed by atoms with Crippen molar-refractivity contribution >= 4 is 15.9 Å². The molecule has 0 aliphatic rings. The van der Waals surface area contributed by atoms with E-state index in [1.807, 2.05) is 6.07 Å². The maximum Gasteiger partial charge on any atom is 0.231 e. The number of aromatic nitrogens is 3. The Hall–Kier alpha value is -1.27. The molecule has 1 N–H and O–H groups in total. The van der Waals surface area contributed by atoms with Gasteiger partial charge in [-0.05, 0) is 48.3 Å². The van der Waals surface area contributed by atoms with E-state index in [1.54, 1.807) is 12.4 Å². The third-order valence-corrected chi connectivity index (χ3v) is 3.92. The number of nitrogens with zero attached hydrogens (tertiary/aromatic N) is 3. The molecular formula is C15H21BrN4O. The van der Waals surface area contributed by atoms with Crippen LogP contribution >= 0.6 is 15.9 Å². The average Bonchev–Trinajstić information content (AvgIpc) is 2.95. The zero-order valence-corrected chi connectivity index (χ0v) is 14.2. The van der Waals surface area contributed by atoms with Crippen molar-refractivity contribution in [2.45, 2.75) is 45.6 Å². The summed E-state index contributed by atoms with van der Waals surface area (Å²) in [4.78, 5) is 8.67. The van der Waals surface area contributed by atoms with Crippen molar-refractivity contribution in [2.24, 2.45) is 0 Å². The first kappa shape index (κ1) is 16.1. The number of hydrogen-bond acceptors (Lipinski definition) is 5. The van der Waals surface area contributed by atoms with Gasteiger partial charge in [-0.2, -0.15) is 4.98 Å². The molecule has 21 heavy (non-hydrogen) atoms. The van der Waals surface area contributed by atoms with E-state index >= 15 is 0 Å². The van der Waals surface area contributed by atoms with Gasteiger partial charge in [-0.25, -0.2) is 0 Å². The summed E-state index contributed by atoms with van der Waals surface area (Å²) in [5.74, 6) is 1.49. The molecule has 5 nitrogen and oxygen atoms in total. The predicted octanol–water partition coefficient (Wildman–Crippen LogP) is 3.78. The number of hydrogen-bond donors (Lipinski definition) is 1. The highest BCUT2D eigenvalue weighted by Crippen LogP contribution is 2.25. The van der Waals surface area contributed by atoms with Crippen LogP contribution < -0.4 is 5.32 Å². The molecule has 2 heterocycles. The van der Waals surface area contributed by atoms with E-state index in [9.17, 15) is 0 Å². The van der Waals surface area contributed by atoms with Crippen molar-refractivity contribution in [3.63, 3.8) is 0 Å². The molecule has 0 radical (unpaired) electrons. The molecule has 0 aromatic carbocycles. The summed E-state index contributed by atoms with van der Waals surface area (Å²) in [6, 6.07) is 2.24. The maximum atomic E-state index is 5.47. The molecule has 6 heteroatoms. The zero-order valence-electron chi connectivity index (χ0n) is 12.6. The molecule has 2 atom stereocenters. The van der Waals surface area contributed by atoms with Gasteiger partial charge in [0.25, 0.3) is 0 Å². The Morgan fingerprint density at radius 2 is 2.14 bits per heavy atom. The largest absolute Gasteiger partial charge is 0.339 e. The first-order valence-corrected chi connectivity index (χ1v) is 8.12. The lowest BCUT2D eigenvalue weighted by Gasteiger charge is -2.20. The summed E-state index contributed by atoms with van der Waals surface area (Å²) in [7, 11) is 0. The first-order chi connectivity index (χ1) is 10.2. The summed E-state index contributed by atoms with van der Waals surface area (Å²) < 4.78 is 6.37. The Bertz CT molecular complexity index is 572. The second-order valence-electron chi connectivity index (χ2n) is 5.11. The molecule has 114 valence electrons. The fourth-order valence-electron chi connectivity index (χ4n) is 2.29. The van der Waals surface area contributed by atoms with Gasteiger partial charge in [0, 0.05) is 28.5 Å². The van der Waals surface area contributed by atoms with Crippen molar-refractivity contribution < 1.29 is 4.52 Å². The smallest absolute Gasteiger partial charge is 0.231 e. The maximum absolute atomic E-state index is 5.47. The Balaban J connectivity index is 2.17. The minimum atomic E-state index is 0.220. The van der Waals surface area contributed by atoms with Crippen LogP contribution in [0.1, 0.15) is 45.4 Å². The van der Waals surface area contributed by atoms with Gasteiger partial charge < -0.3 is 9.84 Å². The van der Waals surface area contributed by atoms with Crippen LogP contribution in [0.4, 0.5) is 0 Å². The van der Waals surface area contributed by atoms with Crippen molar-refractivity contribution in [3.8, 4) is 11.4 Å². The Labute approximate surface area is 133 Å². The van der Waals surface area contributed by atoms with Crippen molar-refractivity contribution in [3.05, 3.63) is 28.8 Å². The molecule has 0 aliphatic carbocycles. The highest BCUT2D eigenvalue weighted by molar-refractivity contribution is 9.10. The second kappa shape index (κ2) is 7.66. The van der Waals surface area contributed by atoms with E-state index in [4.69, 9.17) is 4.52 Å². The van der Waals surface area contributed by atoms with Gasteiger partial charge in [-0.1, -0.05) is 19.0 Å². The van der Waals surface area contributed by atoms with Crippen molar-refractivity contribution in [1.82, 2.24) is 20.4 Å². The fourth-order valence-corrected chi connectivity index (χ4v) is 2.66. The summed E-state index contributed by atoms with van der Waals surface area (Å²) >= 11 is 3.40. The van der Waals surface area contributed by atoms with Crippen LogP contribution in [0.2, 0.25) is 0 Å². The SMILES string of the molecule is CCCNC(C)C(CC)c1nc(-c2cncc(Br)c2)no1. The van der Waals surface area contributed by atoms with Crippen LogP contribution in [0.15, 0.2) is 27.5 Å². The van der Waals surface area contributed by atoms with Crippen LogP contribution in [0, 0.1) is 0 Å². The quantitative estimate of drug-likeness (QED) is 0.821. The molecule has 0 spiro atoms. The lowest BCUT2D eigenvalue weighted by Crippen LogP contribution is -2.32. The van der Waals surface area contributed by atoms with E-state index in [0.29, 0.717) is 17.8 Å². The van der Waals surface area contributed by atoms with Gasteiger partial charge in [0.05, 0.1) is 5.92 Å². The molecule has 0 fully saturated rings. The summed E-state index contributed by atoms with van der Waals surface area (Å²) in [5.41, 5.74) is 0.850. The van der Waals surface area contributed by atoms with Gasteiger partial charge in [-0.15, -0.1) is 0 Å². The topological polar surface area (TPSA) is 63.8 Å². The molecule has 0 amide bonds. The minimum Gasteiger partial charge on any atom is -0.339 e. The van der Waals surface area contributed by atoms with Crippen LogP contribution in [0.3, 0.4) is 0 Å². The van der Waals surface area contributed by atoms with E-state index in [2.05, 4.69) is 57.1 Å². The van der Waals surface area contributed by atoms with Gasteiger partial charge in [-0.3, -0.25) is 4.98 Å². The van der Waals surface area contributed by atoms with Gasteiger partial charge in [0.1, 0.15) is 0 Å². The third kappa shape index (κ3) is 4.11.